The Kier molecular flexibility index (Phi) is 9.94. The molecule has 1 saturated carbocycles. The van der Waals surface area contributed by atoms with E-state index in [2.05, 4.69) is 36.5 Å². The fourth-order valence-electron chi connectivity index (χ4n) is 4.04. The molecule has 3 N–H and O–H groups in total. The van der Waals surface area contributed by atoms with Crippen molar-refractivity contribution in [3.05, 3.63) is 35.4 Å². The van der Waals surface area contributed by atoms with E-state index in [1.165, 1.54) is 50.5 Å². The Labute approximate surface area is 178 Å². The van der Waals surface area contributed by atoms with E-state index in [1.807, 2.05) is 0 Å². The van der Waals surface area contributed by atoms with Crippen molar-refractivity contribution in [1.29, 1.82) is 0 Å². The summed E-state index contributed by atoms with van der Waals surface area (Å²) in [6, 6.07) is 8.46. The average Bonchev–Trinajstić information content (AvgIpc) is 3.07. The molecule has 1 aromatic rings. The number of hydrogen-bond acceptors (Lipinski definition) is 5. The van der Waals surface area contributed by atoms with Gasteiger partial charge in [-0.1, -0.05) is 69.7 Å². The molecule has 0 radical (unpaired) electrons. The molecule has 0 amide bonds. The van der Waals surface area contributed by atoms with Gasteiger partial charge in [0.05, 0.1) is 0 Å². The molecule has 0 saturated heterocycles. The van der Waals surface area contributed by atoms with Gasteiger partial charge in [0.25, 0.3) is 5.79 Å². The molecule has 0 aliphatic heterocycles. The first-order valence-corrected chi connectivity index (χ1v) is 11.1. The van der Waals surface area contributed by atoms with Gasteiger partial charge < -0.3 is 25.0 Å². The van der Waals surface area contributed by atoms with Crippen LogP contribution in [0.1, 0.15) is 82.3 Å². The van der Waals surface area contributed by atoms with Crippen molar-refractivity contribution in [2.75, 3.05) is 0 Å². The number of rotatable bonds is 13. The highest BCUT2D eigenvalue weighted by atomic mass is 16.8. The molecule has 7 heteroatoms. The molecule has 168 valence electrons. The molecule has 30 heavy (non-hydrogen) atoms. The van der Waals surface area contributed by atoms with Crippen LogP contribution in [-0.2, 0) is 22.4 Å². The Bertz CT molecular complexity index is 644. The fraction of sp³-hybridized carbons (Fsp3) is 0.652. The lowest BCUT2D eigenvalue weighted by Gasteiger charge is -2.26. The second-order valence-corrected chi connectivity index (χ2v) is 8.16. The van der Waals surface area contributed by atoms with Crippen molar-refractivity contribution in [1.82, 2.24) is 5.32 Å². The minimum absolute atomic E-state index is 0.0731. The Hall–Kier alpha value is -2.28. The minimum atomic E-state index is -1.62. The lowest BCUT2D eigenvalue weighted by Crippen LogP contribution is -2.39. The Morgan fingerprint density at radius 1 is 0.967 bits per heavy atom. The van der Waals surface area contributed by atoms with Gasteiger partial charge in [-0.2, -0.15) is 0 Å². The molecule has 1 aromatic carbocycles. The maximum absolute atomic E-state index is 10.9. The summed E-state index contributed by atoms with van der Waals surface area (Å²) >= 11 is 0. The summed E-state index contributed by atoms with van der Waals surface area (Å²) in [6.07, 6.45) is 8.15. The van der Waals surface area contributed by atoms with E-state index in [4.69, 9.17) is 19.7 Å². The molecule has 2 rings (SSSR count). The summed E-state index contributed by atoms with van der Waals surface area (Å²) in [4.78, 5) is 21.8. The topological polar surface area (TPSA) is 105 Å². The van der Waals surface area contributed by atoms with Crippen LogP contribution in [0, 0.1) is 0 Å². The predicted octanol–water partition coefficient (Wildman–Crippen LogP) is 5.71. The third kappa shape index (κ3) is 8.61. The van der Waals surface area contributed by atoms with Gasteiger partial charge >= 0.3 is 12.3 Å². The van der Waals surface area contributed by atoms with Gasteiger partial charge in [0.15, 0.2) is 0 Å². The van der Waals surface area contributed by atoms with Crippen LogP contribution < -0.4 is 5.32 Å². The highest BCUT2D eigenvalue weighted by molar-refractivity contribution is 5.60. The molecule has 1 fully saturated rings. The van der Waals surface area contributed by atoms with Crippen molar-refractivity contribution in [2.45, 2.75) is 95.9 Å². The zero-order valence-electron chi connectivity index (χ0n) is 17.9. The second kappa shape index (κ2) is 12.4. The molecule has 7 nitrogen and oxygen atoms in total. The van der Waals surface area contributed by atoms with Gasteiger partial charge in [0.1, 0.15) is 0 Å². The Balaban J connectivity index is 1.71. The number of hydrogen-bond donors (Lipinski definition) is 3. The quantitative estimate of drug-likeness (QED) is 0.213. The number of benzene rings is 1. The van der Waals surface area contributed by atoms with Crippen molar-refractivity contribution in [3.8, 4) is 0 Å². The van der Waals surface area contributed by atoms with Gasteiger partial charge in [-0.05, 0) is 30.4 Å². The molecule has 1 atom stereocenters. The first-order valence-electron chi connectivity index (χ1n) is 11.1. The summed E-state index contributed by atoms with van der Waals surface area (Å²) in [7, 11) is 0. The van der Waals surface area contributed by atoms with Crippen molar-refractivity contribution >= 4 is 12.3 Å². The van der Waals surface area contributed by atoms with Crippen LogP contribution in [-0.4, -0.2) is 34.4 Å². The number of aryl methyl sites for hydroxylation is 1. The van der Waals surface area contributed by atoms with E-state index in [9.17, 15) is 9.59 Å². The zero-order chi connectivity index (χ0) is 21.8. The normalized spacial score (nSPS) is 17.6. The SMILES string of the molecule is CCCCCCCCCc1ccc(CNC2CCC(OC(=O)O)(OC(=O)O)C2)cc1. The van der Waals surface area contributed by atoms with Crippen molar-refractivity contribution in [3.63, 3.8) is 0 Å². The molecule has 0 spiro atoms. The minimum Gasteiger partial charge on any atom is -0.450 e. The molecule has 1 aliphatic rings. The fourth-order valence-corrected chi connectivity index (χ4v) is 4.04. The number of nitrogens with one attached hydrogen (secondary N) is 1. The highest BCUT2D eigenvalue weighted by Gasteiger charge is 2.46. The van der Waals surface area contributed by atoms with E-state index in [0.717, 1.165) is 12.0 Å². The summed E-state index contributed by atoms with van der Waals surface area (Å²) in [5.74, 6) is -1.62. The lowest BCUT2D eigenvalue weighted by molar-refractivity contribution is -0.177. The Morgan fingerprint density at radius 3 is 2.13 bits per heavy atom. The lowest BCUT2D eigenvalue weighted by atomic mass is 10.0. The van der Waals surface area contributed by atoms with E-state index in [-0.39, 0.29) is 18.9 Å². The maximum Gasteiger partial charge on any atom is 0.509 e. The van der Waals surface area contributed by atoms with Crippen LogP contribution in [0.15, 0.2) is 24.3 Å². The number of carbonyl (C=O) groups is 2. The van der Waals surface area contributed by atoms with Crippen LogP contribution in [0.2, 0.25) is 0 Å². The van der Waals surface area contributed by atoms with Gasteiger partial charge in [-0.25, -0.2) is 9.59 Å². The second-order valence-electron chi connectivity index (χ2n) is 8.16. The van der Waals surface area contributed by atoms with Crippen molar-refractivity contribution in [2.24, 2.45) is 0 Å². The van der Waals surface area contributed by atoms with Crippen molar-refractivity contribution < 1.29 is 29.3 Å². The molecular weight excluding hydrogens is 386 g/mol. The number of ether oxygens (including phenoxy) is 2. The monoisotopic (exact) mass is 421 g/mol. The third-order valence-corrected chi connectivity index (χ3v) is 5.66. The number of carboxylic acid groups (broad SMARTS) is 2. The maximum atomic E-state index is 10.9. The molecule has 1 unspecified atom stereocenters. The average molecular weight is 422 g/mol. The van der Waals surface area contributed by atoms with Gasteiger partial charge in [-0.3, -0.25) is 0 Å². The summed E-state index contributed by atoms with van der Waals surface area (Å²) in [5, 5.41) is 21.1. The van der Waals surface area contributed by atoms with Crippen LogP contribution >= 0.6 is 0 Å². The van der Waals surface area contributed by atoms with Gasteiger partial charge in [-0.15, -0.1) is 0 Å². The van der Waals surface area contributed by atoms with Crippen LogP contribution in [0.3, 0.4) is 0 Å². The van der Waals surface area contributed by atoms with E-state index in [1.54, 1.807) is 0 Å². The largest absolute Gasteiger partial charge is 0.509 e. The first kappa shape index (κ1) is 24.0. The Morgan fingerprint density at radius 2 is 1.53 bits per heavy atom. The molecular formula is C23H35NO6. The third-order valence-electron chi connectivity index (χ3n) is 5.66. The zero-order valence-corrected chi connectivity index (χ0v) is 17.9. The van der Waals surface area contributed by atoms with E-state index < -0.39 is 18.1 Å². The number of unbranched alkanes of at least 4 members (excludes halogenated alkanes) is 6. The first-order chi connectivity index (χ1) is 14.4. The predicted molar refractivity (Wildman–Crippen MR) is 114 cm³/mol. The van der Waals surface area contributed by atoms with Crippen LogP contribution in [0.5, 0.6) is 0 Å². The summed E-state index contributed by atoms with van der Waals surface area (Å²) < 4.78 is 9.51. The van der Waals surface area contributed by atoms with E-state index >= 15 is 0 Å². The smallest absolute Gasteiger partial charge is 0.450 e. The molecule has 0 aromatic heterocycles. The molecule has 1 aliphatic carbocycles. The summed E-state index contributed by atoms with van der Waals surface area (Å²) in [6.45, 7) is 2.86. The van der Waals surface area contributed by atoms with Crippen LogP contribution in [0.4, 0.5) is 9.59 Å². The molecule has 0 bridgehead atoms. The molecule has 0 heterocycles. The van der Waals surface area contributed by atoms with Gasteiger partial charge in [0.2, 0.25) is 0 Å². The van der Waals surface area contributed by atoms with Crippen LogP contribution in [0.25, 0.3) is 0 Å². The highest BCUT2D eigenvalue weighted by Crippen LogP contribution is 2.35. The van der Waals surface area contributed by atoms with Gasteiger partial charge in [0, 0.05) is 25.4 Å². The standard InChI is InChI=1S/C23H35NO6/c1-2-3-4-5-6-7-8-9-18-10-12-19(13-11-18)17-24-20-14-15-23(16-20,29-21(25)26)30-22(27)28/h10-13,20,24H,2-9,14-17H2,1H3,(H,25,26)(H,27,28). The van der Waals surface area contributed by atoms with E-state index in [0.29, 0.717) is 13.0 Å². The summed E-state index contributed by atoms with van der Waals surface area (Å²) in [5.41, 5.74) is 2.48.